The van der Waals surface area contributed by atoms with E-state index in [0.29, 0.717) is 66.8 Å². The van der Waals surface area contributed by atoms with E-state index in [2.05, 4.69) is 107 Å². The molecule has 0 heterocycles. The highest BCUT2D eigenvalue weighted by Crippen LogP contribution is 2.28. The van der Waals surface area contributed by atoms with Crippen molar-refractivity contribution in [1.82, 2.24) is 0 Å². The van der Waals surface area contributed by atoms with Gasteiger partial charge in [0.2, 0.25) is 0 Å². The lowest BCUT2D eigenvalue weighted by molar-refractivity contribution is 1.43. The largest absolute Gasteiger partial charge is 0.115 e. The Bertz CT molecular complexity index is 3020. The van der Waals surface area contributed by atoms with Gasteiger partial charge < -0.3 is 0 Å². The maximum absolute atomic E-state index is 5.69. The molecule has 7 aromatic carbocycles. The van der Waals surface area contributed by atoms with Crippen LogP contribution in [0, 0.1) is 145 Å². The Hall–Kier alpha value is -10.7. The third kappa shape index (κ3) is 10.9. The molecule has 0 aromatic heterocycles. The van der Waals surface area contributed by atoms with Gasteiger partial charge in [0, 0.05) is 66.8 Å². The molecular formula is C66H30. The Morgan fingerprint density at radius 3 is 0.364 bits per heavy atom. The number of hydrogen-bond donors (Lipinski definition) is 0. The molecule has 0 N–H and O–H groups in total. The lowest BCUT2D eigenvalue weighted by Crippen LogP contribution is -2.05. The monoisotopic (exact) mass is 822 g/mol. The molecule has 294 valence electrons. The highest BCUT2D eigenvalue weighted by molar-refractivity contribution is 5.78. The van der Waals surface area contributed by atoms with Crippen LogP contribution in [-0.2, 0) is 0 Å². The third-order valence-corrected chi connectivity index (χ3v) is 9.80. The van der Waals surface area contributed by atoms with Crippen molar-refractivity contribution in [3.8, 4) is 145 Å². The van der Waals surface area contributed by atoms with Crippen LogP contribution in [0.3, 0.4) is 0 Å². The van der Waals surface area contributed by atoms with Gasteiger partial charge in [-0.25, -0.2) is 0 Å². The summed E-state index contributed by atoms with van der Waals surface area (Å²) in [7, 11) is 0. The van der Waals surface area contributed by atoms with E-state index >= 15 is 0 Å². The molecule has 0 bridgehead atoms. The average Bonchev–Trinajstić information content (AvgIpc) is 3.38. The number of benzene rings is 7. The molecule has 0 fully saturated rings. The van der Waals surface area contributed by atoms with Gasteiger partial charge in [-0.3, -0.25) is 0 Å². The zero-order chi connectivity index (χ0) is 46.1. The Balaban J connectivity index is 1.66. The van der Waals surface area contributed by atoms with Gasteiger partial charge in [-0.15, -0.1) is 38.5 Å². The fraction of sp³-hybridized carbons (Fsp3) is 0. The molecule has 0 radical (unpaired) electrons. The first-order valence-electron chi connectivity index (χ1n) is 20.2. The van der Waals surface area contributed by atoms with Crippen molar-refractivity contribution in [3.05, 3.63) is 246 Å². The normalized spacial score (nSPS) is 9.00. The van der Waals surface area contributed by atoms with Crippen LogP contribution in [0.5, 0.6) is 0 Å². The fourth-order valence-electron chi connectivity index (χ4n) is 6.21. The maximum Gasteiger partial charge on any atom is 0.0588 e. The molecule has 0 amide bonds. The molecule has 0 heteroatoms. The van der Waals surface area contributed by atoms with Crippen molar-refractivity contribution in [2.24, 2.45) is 0 Å². The summed E-state index contributed by atoms with van der Waals surface area (Å²) in [6, 6.07) is 44.5. The molecule has 0 aliphatic rings. The lowest BCUT2D eigenvalue weighted by Gasteiger charge is -2.13. The highest BCUT2D eigenvalue weighted by atomic mass is 14.2. The van der Waals surface area contributed by atoms with Crippen LogP contribution in [0.25, 0.3) is 0 Å². The summed E-state index contributed by atoms with van der Waals surface area (Å²) in [4.78, 5) is 0. The molecule has 0 aliphatic carbocycles. The maximum atomic E-state index is 5.69. The lowest BCUT2D eigenvalue weighted by atomic mass is 9.86. The molecule has 0 aliphatic heterocycles. The summed E-state index contributed by atoms with van der Waals surface area (Å²) < 4.78 is 0. The minimum atomic E-state index is 0.486. The zero-order valence-corrected chi connectivity index (χ0v) is 35.3. The van der Waals surface area contributed by atoms with Crippen LogP contribution >= 0.6 is 0 Å². The number of terminal acetylenes is 6. The topological polar surface area (TPSA) is 0 Å². The summed E-state index contributed by atoms with van der Waals surface area (Å²) in [6.45, 7) is 0. The predicted octanol–water partition coefficient (Wildman–Crippen LogP) is 9.97. The molecule has 0 nitrogen and oxygen atoms in total. The number of rotatable bonds is 0. The van der Waals surface area contributed by atoms with Crippen molar-refractivity contribution in [2.75, 3.05) is 0 Å². The van der Waals surface area contributed by atoms with E-state index in [9.17, 15) is 0 Å². The van der Waals surface area contributed by atoms with Gasteiger partial charge in [-0.2, -0.15) is 0 Å². The second-order valence-electron chi connectivity index (χ2n) is 14.1. The van der Waals surface area contributed by atoms with Crippen LogP contribution in [0.2, 0.25) is 0 Å². The first-order chi connectivity index (χ1) is 32.4. The summed E-state index contributed by atoms with van der Waals surface area (Å²) in [5.74, 6) is 56.9. The Morgan fingerprint density at radius 2 is 0.258 bits per heavy atom. The van der Waals surface area contributed by atoms with Gasteiger partial charge in [0.1, 0.15) is 0 Å². The van der Waals surface area contributed by atoms with Gasteiger partial charge >= 0.3 is 0 Å². The molecule has 0 spiro atoms. The van der Waals surface area contributed by atoms with Crippen molar-refractivity contribution in [3.63, 3.8) is 0 Å². The predicted molar refractivity (Wildman–Crippen MR) is 269 cm³/mol. The fourth-order valence-corrected chi connectivity index (χ4v) is 6.21. The molecule has 0 saturated carbocycles. The first-order valence-corrected chi connectivity index (χ1v) is 20.2. The van der Waals surface area contributed by atoms with Crippen LogP contribution in [0.4, 0.5) is 0 Å². The second-order valence-corrected chi connectivity index (χ2v) is 14.1. The molecule has 0 atom stereocenters. The van der Waals surface area contributed by atoms with Gasteiger partial charge in [-0.05, 0) is 146 Å². The van der Waals surface area contributed by atoms with Gasteiger partial charge in [0.25, 0.3) is 0 Å². The zero-order valence-electron chi connectivity index (χ0n) is 35.3. The molecule has 66 heavy (non-hydrogen) atoms. The Kier molecular flexibility index (Phi) is 13.9. The second kappa shape index (κ2) is 21.2. The summed E-state index contributed by atoms with van der Waals surface area (Å²) in [6.07, 6.45) is 34.2. The average molecular weight is 823 g/mol. The minimum absolute atomic E-state index is 0.486. The summed E-state index contributed by atoms with van der Waals surface area (Å²) >= 11 is 0. The van der Waals surface area contributed by atoms with Gasteiger partial charge in [0.05, 0.1) is 33.4 Å². The van der Waals surface area contributed by atoms with Crippen LogP contribution in [-0.4, -0.2) is 0 Å². The van der Waals surface area contributed by atoms with Gasteiger partial charge in [-0.1, -0.05) is 107 Å². The van der Waals surface area contributed by atoms with E-state index in [1.54, 1.807) is 0 Å². The molecule has 7 aromatic rings. The molecule has 0 saturated heterocycles. The third-order valence-electron chi connectivity index (χ3n) is 9.80. The van der Waals surface area contributed by atoms with Crippen LogP contribution in [0.15, 0.2) is 146 Å². The highest BCUT2D eigenvalue weighted by Gasteiger charge is 2.20. The Labute approximate surface area is 389 Å². The van der Waals surface area contributed by atoms with E-state index in [4.69, 9.17) is 38.5 Å². The smallest absolute Gasteiger partial charge is 0.0588 e. The minimum Gasteiger partial charge on any atom is -0.115 e. The van der Waals surface area contributed by atoms with Crippen molar-refractivity contribution >= 4 is 0 Å². The van der Waals surface area contributed by atoms with E-state index in [1.165, 1.54) is 0 Å². The van der Waals surface area contributed by atoms with E-state index < -0.39 is 0 Å². The molecular weight excluding hydrogens is 793 g/mol. The first kappa shape index (κ1) is 43.4. The standard InChI is InChI=1S/C66H30/c1-7-49-13-25-55(26-14-49)37-43-61-62(44-38-56-27-15-50(8-2)16-28-56)64(46-40-58-31-19-52(10-4)20-32-58)66(48-42-60-35-23-54(12-6)24-36-60)65(47-41-59-33-21-53(11-5)22-34-59)63(61)45-39-57-29-17-51(9-3)18-30-57/h1-6,13-36H. The number of hydrogen-bond acceptors (Lipinski definition) is 0. The van der Waals surface area contributed by atoms with Crippen molar-refractivity contribution in [1.29, 1.82) is 0 Å². The van der Waals surface area contributed by atoms with E-state index in [-0.39, 0.29) is 0 Å². The molecule has 7 rings (SSSR count). The summed E-state index contributed by atoms with van der Waals surface area (Å²) in [5.41, 5.74) is 11.5. The van der Waals surface area contributed by atoms with Crippen molar-refractivity contribution < 1.29 is 0 Å². The SMILES string of the molecule is C#Cc1ccc(C#Cc2c(C#Cc3ccc(C#C)cc3)c(C#Cc3ccc(C#C)cc3)c(C#Cc3ccc(C#C)cc3)c(C#Cc3ccc(C#C)cc3)c2C#Cc2ccc(C#C)cc2)cc1. The van der Waals surface area contributed by atoms with E-state index in [1.807, 2.05) is 146 Å². The van der Waals surface area contributed by atoms with Gasteiger partial charge in [0.15, 0.2) is 0 Å². The summed E-state index contributed by atoms with van der Waals surface area (Å²) in [5, 5.41) is 0. The van der Waals surface area contributed by atoms with Crippen molar-refractivity contribution in [2.45, 2.75) is 0 Å². The van der Waals surface area contributed by atoms with Crippen LogP contribution < -0.4 is 0 Å². The molecule has 0 unspecified atom stereocenters. The quantitative estimate of drug-likeness (QED) is 0.134. The Morgan fingerprint density at radius 1 is 0.152 bits per heavy atom. The van der Waals surface area contributed by atoms with Crippen LogP contribution in [0.1, 0.15) is 100 Å². The van der Waals surface area contributed by atoms with E-state index in [0.717, 1.165) is 33.4 Å².